The van der Waals surface area contributed by atoms with Crippen LogP contribution >= 0.6 is 0 Å². The zero-order chi connectivity index (χ0) is 24.1. The number of hydrogen-bond donors (Lipinski definition) is 1. The number of para-hydroxylation sites is 1. The van der Waals surface area contributed by atoms with Gasteiger partial charge in [-0.2, -0.15) is 0 Å². The molecule has 1 aliphatic heterocycles. The third-order valence-electron chi connectivity index (χ3n) is 5.55. The van der Waals surface area contributed by atoms with Crippen molar-refractivity contribution in [1.82, 2.24) is 0 Å². The fourth-order valence-electron chi connectivity index (χ4n) is 3.78. The average molecular weight is 461 g/mol. The summed E-state index contributed by atoms with van der Waals surface area (Å²) in [4.78, 5) is 26.7. The van der Waals surface area contributed by atoms with Gasteiger partial charge in [-0.25, -0.2) is 0 Å². The van der Waals surface area contributed by atoms with E-state index in [2.05, 4.69) is 5.32 Å². The van der Waals surface area contributed by atoms with Crippen molar-refractivity contribution in [3.05, 3.63) is 77.4 Å². The molecule has 0 saturated heterocycles. The van der Waals surface area contributed by atoms with Gasteiger partial charge in [0.1, 0.15) is 23.9 Å². The van der Waals surface area contributed by atoms with Gasteiger partial charge in [0.25, 0.3) is 11.8 Å². The Hall–Kier alpha value is -4.00. The molecular formula is C27H28N2O5. The van der Waals surface area contributed by atoms with Gasteiger partial charge in [-0.3, -0.25) is 9.59 Å². The molecule has 7 heteroatoms. The number of fused-ring (bicyclic) bond motifs is 1. The molecule has 0 saturated carbocycles. The predicted molar refractivity (Wildman–Crippen MR) is 131 cm³/mol. The molecule has 0 spiro atoms. The van der Waals surface area contributed by atoms with E-state index in [0.29, 0.717) is 36.0 Å². The number of carbonyl (C=O) groups is 2. The van der Waals surface area contributed by atoms with Crippen molar-refractivity contribution < 1.29 is 23.8 Å². The highest BCUT2D eigenvalue weighted by Gasteiger charge is 2.26. The number of carbonyl (C=O) groups excluding carboxylic acids is 2. The largest absolute Gasteiger partial charge is 0.492 e. The second kappa shape index (κ2) is 10.3. The minimum absolute atomic E-state index is 0.0349. The number of ether oxygens (including phenoxy) is 3. The molecule has 4 rings (SSSR count). The molecule has 176 valence electrons. The highest BCUT2D eigenvalue weighted by Crippen LogP contribution is 2.34. The summed E-state index contributed by atoms with van der Waals surface area (Å²) in [6.07, 6.45) is 0. The standard InChI is InChI=1S/C27H28N2O5/c1-18-7-10-22(11-8-18)32-14-13-29-23-15-21(9-12-24(23)33-17-26(29)31)28-25(30)16-34-27-19(2)5-4-6-20(27)3/h4-12,15H,13-14,16-17H2,1-3H3,(H,28,30). The van der Waals surface area contributed by atoms with E-state index in [1.54, 1.807) is 23.1 Å². The Labute approximate surface area is 199 Å². The van der Waals surface area contributed by atoms with Crippen LogP contribution in [0, 0.1) is 20.8 Å². The first-order valence-electron chi connectivity index (χ1n) is 11.2. The third kappa shape index (κ3) is 5.49. The van der Waals surface area contributed by atoms with Crippen LogP contribution in [0.2, 0.25) is 0 Å². The fourth-order valence-corrected chi connectivity index (χ4v) is 3.78. The van der Waals surface area contributed by atoms with Gasteiger partial charge < -0.3 is 24.4 Å². The van der Waals surface area contributed by atoms with Crippen molar-refractivity contribution in [1.29, 1.82) is 0 Å². The van der Waals surface area contributed by atoms with Gasteiger partial charge >= 0.3 is 0 Å². The van der Waals surface area contributed by atoms with E-state index in [0.717, 1.165) is 22.4 Å². The first kappa shape index (κ1) is 23.2. The van der Waals surface area contributed by atoms with Gasteiger partial charge in [0.2, 0.25) is 0 Å². The second-order valence-corrected chi connectivity index (χ2v) is 8.24. The van der Waals surface area contributed by atoms with Crippen LogP contribution in [0.25, 0.3) is 0 Å². The fraction of sp³-hybridized carbons (Fsp3) is 0.259. The normalized spacial score (nSPS) is 12.6. The molecule has 1 heterocycles. The molecule has 0 radical (unpaired) electrons. The minimum atomic E-state index is -0.292. The van der Waals surface area contributed by atoms with Gasteiger partial charge in [0.05, 0.1) is 12.2 Å². The van der Waals surface area contributed by atoms with Crippen LogP contribution in [-0.2, 0) is 9.59 Å². The molecule has 0 aliphatic carbocycles. The van der Waals surface area contributed by atoms with Crippen LogP contribution in [0.4, 0.5) is 11.4 Å². The molecule has 0 fully saturated rings. The molecule has 2 amide bonds. The van der Waals surface area contributed by atoms with Gasteiger partial charge in [-0.1, -0.05) is 35.9 Å². The van der Waals surface area contributed by atoms with Gasteiger partial charge in [-0.05, 0) is 62.2 Å². The molecule has 1 aliphatic rings. The van der Waals surface area contributed by atoms with E-state index in [-0.39, 0.29) is 25.0 Å². The molecule has 7 nitrogen and oxygen atoms in total. The van der Waals surface area contributed by atoms with Crippen LogP contribution in [0.5, 0.6) is 17.2 Å². The van der Waals surface area contributed by atoms with Crippen LogP contribution in [-0.4, -0.2) is 38.2 Å². The zero-order valence-electron chi connectivity index (χ0n) is 19.6. The van der Waals surface area contributed by atoms with Crippen molar-refractivity contribution in [3.63, 3.8) is 0 Å². The summed E-state index contributed by atoms with van der Waals surface area (Å²) in [5, 5.41) is 2.84. The summed E-state index contributed by atoms with van der Waals surface area (Å²) in [7, 11) is 0. The van der Waals surface area contributed by atoms with Crippen LogP contribution in [0.3, 0.4) is 0 Å². The maximum absolute atomic E-state index is 12.5. The summed E-state index contributed by atoms with van der Waals surface area (Å²) >= 11 is 0. The Morgan fingerprint density at radius 3 is 2.47 bits per heavy atom. The Morgan fingerprint density at radius 1 is 1.00 bits per heavy atom. The first-order valence-corrected chi connectivity index (χ1v) is 11.2. The number of amides is 2. The maximum atomic E-state index is 12.5. The van der Waals surface area contributed by atoms with Crippen LogP contribution in [0.1, 0.15) is 16.7 Å². The molecule has 34 heavy (non-hydrogen) atoms. The van der Waals surface area contributed by atoms with Crippen LogP contribution in [0.15, 0.2) is 60.7 Å². The summed E-state index contributed by atoms with van der Waals surface area (Å²) in [6.45, 7) is 6.43. The molecule has 0 aromatic heterocycles. The van der Waals surface area contributed by atoms with E-state index in [1.807, 2.05) is 63.2 Å². The predicted octanol–water partition coefficient (Wildman–Crippen LogP) is 4.43. The minimum Gasteiger partial charge on any atom is -0.492 e. The van der Waals surface area contributed by atoms with E-state index in [1.165, 1.54) is 0 Å². The molecule has 0 atom stereocenters. The maximum Gasteiger partial charge on any atom is 0.265 e. The smallest absolute Gasteiger partial charge is 0.265 e. The summed E-state index contributed by atoms with van der Waals surface area (Å²) < 4.78 is 17.1. The Balaban J connectivity index is 1.39. The first-order chi connectivity index (χ1) is 16.4. The lowest BCUT2D eigenvalue weighted by molar-refractivity contribution is -0.121. The molecule has 3 aromatic carbocycles. The topological polar surface area (TPSA) is 77.1 Å². The number of hydrogen-bond acceptors (Lipinski definition) is 5. The van der Waals surface area contributed by atoms with Gasteiger partial charge in [0.15, 0.2) is 13.2 Å². The van der Waals surface area contributed by atoms with Crippen molar-refractivity contribution in [2.45, 2.75) is 20.8 Å². The molecule has 0 bridgehead atoms. The highest BCUT2D eigenvalue weighted by molar-refractivity contribution is 5.99. The van der Waals surface area contributed by atoms with Gasteiger partial charge in [-0.15, -0.1) is 0 Å². The summed E-state index contributed by atoms with van der Waals surface area (Å²) in [6, 6.07) is 18.8. The second-order valence-electron chi connectivity index (χ2n) is 8.24. The molecule has 1 N–H and O–H groups in total. The monoisotopic (exact) mass is 460 g/mol. The lowest BCUT2D eigenvalue weighted by Crippen LogP contribution is -2.41. The zero-order valence-corrected chi connectivity index (χ0v) is 19.6. The van der Waals surface area contributed by atoms with E-state index >= 15 is 0 Å². The van der Waals surface area contributed by atoms with Crippen molar-refractivity contribution in [2.75, 3.05) is 36.6 Å². The summed E-state index contributed by atoms with van der Waals surface area (Å²) in [5.41, 5.74) is 4.24. The Kier molecular flexibility index (Phi) is 7.01. The summed E-state index contributed by atoms with van der Waals surface area (Å²) in [5.74, 6) is 1.58. The molecule has 0 unspecified atom stereocenters. The van der Waals surface area contributed by atoms with Gasteiger partial charge in [0, 0.05) is 5.69 Å². The number of nitrogens with zero attached hydrogens (tertiary/aromatic N) is 1. The molecule has 3 aromatic rings. The van der Waals surface area contributed by atoms with Crippen molar-refractivity contribution >= 4 is 23.2 Å². The SMILES string of the molecule is Cc1ccc(OCCN2C(=O)COc3ccc(NC(=O)COc4c(C)cccc4C)cc32)cc1. The number of anilines is 2. The number of aryl methyl sites for hydroxylation is 3. The number of rotatable bonds is 8. The quantitative estimate of drug-likeness (QED) is 0.538. The lowest BCUT2D eigenvalue weighted by Gasteiger charge is -2.29. The lowest BCUT2D eigenvalue weighted by atomic mass is 10.1. The average Bonchev–Trinajstić information content (AvgIpc) is 2.81. The Morgan fingerprint density at radius 2 is 1.74 bits per heavy atom. The van der Waals surface area contributed by atoms with E-state index in [4.69, 9.17) is 14.2 Å². The van der Waals surface area contributed by atoms with E-state index in [9.17, 15) is 9.59 Å². The number of nitrogens with one attached hydrogen (secondary N) is 1. The van der Waals surface area contributed by atoms with Crippen molar-refractivity contribution in [2.24, 2.45) is 0 Å². The van der Waals surface area contributed by atoms with E-state index < -0.39 is 0 Å². The number of benzene rings is 3. The van der Waals surface area contributed by atoms with Crippen molar-refractivity contribution in [3.8, 4) is 17.2 Å². The van der Waals surface area contributed by atoms with Crippen LogP contribution < -0.4 is 24.4 Å². The highest BCUT2D eigenvalue weighted by atomic mass is 16.5. The third-order valence-corrected chi connectivity index (χ3v) is 5.55. The molecular weight excluding hydrogens is 432 g/mol. The Bertz CT molecular complexity index is 1170.